The first kappa shape index (κ1) is 12.6. The van der Waals surface area contributed by atoms with Gasteiger partial charge in [-0.1, -0.05) is 32.8 Å². The van der Waals surface area contributed by atoms with Crippen molar-refractivity contribution in [3.05, 3.63) is 30.1 Å². The summed E-state index contributed by atoms with van der Waals surface area (Å²) in [6, 6.07) is 4.31. The summed E-state index contributed by atoms with van der Waals surface area (Å²) in [6.45, 7) is 6.63. The van der Waals surface area contributed by atoms with Gasteiger partial charge in [-0.3, -0.25) is 4.98 Å². The van der Waals surface area contributed by atoms with Gasteiger partial charge >= 0.3 is 0 Å². The number of nitrogens with one attached hydrogen (secondary N) is 1. The number of aromatic nitrogens is 1. The molecule has 1 fully saturated rings. The van der Waals surface area contributed by atoms with E-state index < -0.39 is 0 Å². The topological polar surface area (TPSA) is 24.9 Å². The summed E-state index contributed by atoms with van der Waals surface area (Å²) in [5.41, 5.74) is 1.79. The molecular formula is C15H24N2. The SMILES string of the molecule is CCCC1CC(CNCC)(c2cccnc2)C1. The van der Waals surface area contributed by atoms with Crippen LogP contribution in [0.25, 0.3) is 0 Å². The standard InChI is InChI=1S/C15H24N2/c1-3-6-13-9-15(10-13,12-16-4-2)14-7-5-8-17-11-14/h5,7-8,11,13,16H,3-4,6,9-10,12H2,1-2H3. The molecule has 1 saturated carbocycles. The average Bonchev–Trinajstić information content (AvgIpc) is 2.33. The summed E-state index contributed by atoms with van der Waals surface area (Å²) in [5, 5.41) is 3.52. The van der Waals surface area contributed by atoms with Crippen molar-refractivity contribution in [2.75, 3.05) is 13.1 Å². The molecule has 1 aliphatic rings. The molecule has 1 N–H and O–H groups in total. The highest BCUT2D eigenvalue weighted by Crippen LogP contribution is 2.48. The lowest BCUT2D eigenvalue weighted by atomic mass is 9.58. The summed E-state index contributed by atoms with van der Waals surface area (Å²) < 4.78 is 0. The molecule has 1 aromatic heterocycles. The van der Waals surface area contributed by atoms with E-state index in [9.17, 15) is 0 Å². The molecule has 0 radical (unpaired) electrons. The van der Waals surface area contributed by atoms with E-state index in [1.807, 2.05) is 6.20 Å². The second-order valence-corrected chi connectivity index (χ2v) is 5.37. The smallest absolute Gasteiger partial charge is 0.0306 e. The highest BCUT2D eigenvalue weighted by molar-refractivity contribution is 5.26. The molecule has 1 heterocycles. The lowest BCUT2D eigenvalue weighted by Gasteiger charge is -2.48. The Balaban J connectivity index is 2.05. The minimum absolute atomic E-state index is 0.365. The summed E-state index contributed by atoms with van der Waals surface area (Å²) in [7, 11) is 0. The predicted molar refractivity (Wildman–Crippen MR) is 72.1 cm³/mol. The van der Waals surface area contributed by atoms with Gasteiger partial charge in [0.1, 0.15) is 0 Å². The maximum Gasteiger partial charge on any atom is 0.0306 e. The fourth-order valence-corrected chi connectivity index (χ4v) is 3.18. The zero-order chi connectivity index (χ0) is 12.1. The Hall–Kier alpha value is -0.890. The first-order valence-electron chi connectivity index (χ1n) is 6.92. The predicted octanol–water partition coefficient (Wildman–Crippen LogP) is 3.14. The van der Waals surface area contributed by atoms with E-state index in [4.69, 9.17) is 0 Å². The quantitative estimate of drug-likeness (QED) is 0.815. The van der Waals surface area contributed by atoms with E-state index >= 15 is 0 Å². The fourth-order valence-electron chi connectivity index (χ4n) is 3.18. The second-order valence-electron chi connectivity index (χ2n) is 5.37. The Morgan fingerprint density at radius 3 is 2.82 bits per heavy atom. The van der Waals surface area contributed by atoms with Crippen molar-refractivity contribution in [2.24, 2.45) is 5.92 Å². The molecule has 0 amide bonds. The van der Waals surface area contributed by atoms with Crippen LogP contribution in [-0.2, 0) is 5.41 Å². The van der Waals surface area contributed by atoms with Crippen molar-refractivity contribution in [3.8, 4) is 0 Å². The van der Waals surface area contributed by atoms with E-state index in [2.05, 4.69) is 42.5 Å². The van der Waals surface area contributed by atoms with Gasteiger partial charge < -0.3 is 5.32 Å². The lowest BCUT2D eigenvalue weighted by Crippen LogP contribution is -2.48. The van der Waals surface area contributed by atoms with Crippen LogP contribution in [0.1, 0.15) is 45.1 Å². The highest BCUT2D eigenvalue weighted by Gasteiger charge is 2.44. The monoisotopic (exact) mass is 232 g/mol. The third-order valence-corrected chi connectivity index (χ3v) is 4.04. The zero-order valence-electron chi connectivity index (χ0n) is 11.1. The van der Waals surface area contributed by atoms with Crippen LogP contribution in [0.15, 0.2) is 24.5 Å². The largest absolute Gasteiger partial charge is 0.316 e. The van der Waals surface area contributed by atoms with Gasteiger partial charge in [0, 0.05) is 24.4 Å². The van der Waals surface area contributed by atoms with Gasteiger partial charge in [0.15, 0.2) is 0 Å². The Morgan fingerprint density at radius 1 is 1.41 bits per heavy atom. The van der Waals surface area contributed by atoms with Crippen LogP contribution < -0.4 is 5.32 Å². The summed E-state index contributed by atoms with van der Waals surface area (Å²) in [6.07, 6.45) is 9.29. The van der Waals surface area contributed by atoms with Crippen LogP contribution in [0.2, 0.25) is 0 Å². The van der Waals surface area contributed by atoms with E-state index in [0.29, 0.717) is 5.41 Å². The van der Waals surface area contributed by atoms with Crippen molar-refractivity contribution in [3.63, 3.8) is 0 Å². The molecule has 0 atom stereocenters. The maximum absolute atomic E-state index is 4.28. The van der Waals surface area contributed by atoms with Gasteiger partial charge in [0.05, 0.1) is 0 Å². The van der Waals surface area contributed by atoms with Crippen molar-refractivity contribution in [2.45, 2.75) is 44.9 Å². The normalized spacial score (nSPS) is 27.8. The second kappa shape index (κ2) is 5.63. The van der Waals surface area contributed by atoms with Crippen molar-refractivity contribution < 1.29 is 0 Å². The van der Waals surface area contributed by atoms with Crippen LogP contribution in [0.3, 0.4) is 0 Å². The Kier molecular flexibility index (Phi) is 4.16. The minimum Gasteiger partial charge on any atom is -0.316 e. The number of hydrogen-bond donors (Lipinski definition) is 1. The van der Waals surface area contributed by atoms with Gasteiger partial charge in [-0.15, -0.1) is 0 Å². The van der Waals surface area contributed by atoms with E-state index in [1.54, 1.807) is 0 Å². The first-order chi connectivity index (χ1) is 8.30. The number of pyridine rings is 1. The third kappa shape index (κ3) is 2.68. The molecule has 0 unspecified atom stereocenters. The van der Waals surface area contributed by atoms with Gasteiger partial charge in [-0.05, 0) is 36.9 Å². The van der Waals surface area contributed by atoms with Gasteiger partial charge in [0.25, 0.3) is 0 Å². The molecule has 1 aliphatic carbocycles. The number of hydrogen-bond acceptors (Lipinski definition) is 2. The number of nitrogens with zero attached hydrogens (tertiary/aromatic N) is 1. The molecular weight excluding hydrogens is 208 g/mol. The molecule has 1 aromatic rings. The first-order valence-corrected chi connectivity index (χ1v) is 6.92. The number of rotatable bonds is 6. The van der Waals surface area contributed by atoms with Gasteiger partial charge in [0.2, 0.25) is 0 Å². The highest BCUT2D eigenvalue weighted by atomic mass is 14.9. The lowest BCUT2D eigenvalue weighted by molar-refractivity contribution is 0.129. The van der Waals surface area contributed by atoms with Crippen molar-refractivity contribution >= 4 is 0 Å². The van der Waals surface area contributed by atoms with Crippen LogP contribution in [0, 0.1) is 5.92 Å². The maximum atomic E-state index is 4.28. The van der Waals surface area contributed by atoms with Crippen LogP contribution in [-0.4, -0.2) is 18.1 Å². The van der Waals surface area contributed by atoms with Gasteiger partial charge in [-0.25, -0.2) is 0 Å². The Bertz CT molecular complexity index is 328. The minimum atomic E-state index is 0.365. The Morgan fingerprint density at radius 2 is 2.24 bits per heavy atom. The molecule has 0 bridgehead atoms. The molecule has 94 valence electrons. The molecule has 2 nitrogen and oxygen atoms in total. The van der Waals surface area contributed by atoms with Crippen LogP contribution in [0.4, 0.5) is 0 Å². The molecule has 0 spiro atoms. The van der Waals surface area contributed by atoms with E-state index in [-0.39, 0.29) is 0 Å². The van der Waals surface area contributed by atoms with E-state index in [1.165, 1.54) is 31.2 Å². The van der Waals surface area contributed by atoms with Crippen molar-refractivity contribution in [1.29, 1.82) is 0 Å². The summed E-state index contributed by atoms with van der Waals surface area (Å²) in [4.78, 5) is 4.28. The van der Waals surface area contributed by atoms with Crippen LogP contribution in [0.5, 0.6) is 0 Å². The molecule has 2 rings (SSSR count). The van der Waals surface area contributed by atoms with Crippen LogP contribution >= 0.6 is 0 Å². The summed E-state index contributed by atoms with van der Waals surface area (Å²) >= 11 is 0. The summed E-state index contributed by atoms with van der Waals surface area (Å²) in [5.74, 6) is 0.930. The van der Waals surface area contributed by atoms with Crippen molar-refractivity contribution in [1.82, 2.24) is 10.3 Å². The zero-order valence-corrected chi connectivity index (χ0v) is 11.1. The molecule has 0 aliphatic heterocycles. The third-order valence-electron chi connectivity index (χ3n) is 4.04. The molecule has 2 heteroatoms. The Labute approximate surface area is 105 Å². The average molecular weight is 232 g/mol. The van der Waals surface area contributed by atoms with Gasteiger partial charge in [-0.2, -0.15) is 0 Å². The fraction of sp³-hybridized carbons (Fsp3) is 0.667. The molecule has 0 saturated heterocycles. The molecule has 17 heavy (non-hydrogen) atoms. The number of likely N-dealkylation sites (N-methyl/N-ethyl adjacent to an activating group) is 1. The van der Waals surface area contributed by atoms with E-state index in [0.717, 1.165) is 19.0 Å². The molecule has 0 aromatic carbocycles.